The van der Waals surface area contributed by atoms with Gasteiger partial charge in [-0.2, -0.15) is 0 Å². The fraction of sp³-hybridized carbons (Fsp3) is 0.308. The number of carbonyl (C=O) groups excluding carboxylic acids is 3. The number of hydrogen-bond acceptors (Lipinski definition) is 3. The van der Waals surface area contributed by atoms with E-state index in [0.29, 0.717) is 12.2 Å². The van der Waals surface area contributed by atoms with Gasteiger partial charge in [-0.1, -0.05) is 19.4 Å². The summed E-state index contributed by atoms with van der Waals surface area (Å²) in [6, 6.07) is 4.94. The first-order valence-corrected chi connectivity index (χ1v) is 6.28. The van der Waals surface area contributed by atoms with E-state index in [1.165, 1.54) is 12.1 Å². The molecule has 0 spiro atoms. The highest BCUT2D eigenvalue weighted by Crippen LogP contribution is 2.10. The number of carbonyl (C=O) groups is 3. The van der Waals surface area contributed by atoms with Crippen molar-refractivity contribution in [2.75, 3.05) is 11.9 Å². The molecule has 0 saturated carbocycles. The van der Waals surface area contributed by atoms with Gasteiger partial charge in [0.25, 0.3) is 5.91 Å². The van der Waals surface area contributed by atoms with Crippen LogP contribution in [-0.2, 0) is 0 Å². The van der Waals surface area contributed by atoms with Crippen molar-refractivity contribution in [3.63, 3.8) is 0 Å². The molecule has 0 aromatic heterocycles. The highest BCUT2D eigenvalue weighted by Gasteiger charge is 2.09. The number of benzene rings is 1. The number of imide groups is 1. The molecule has 0 aliphatic heterocycles. The first kappa shape index (κ1) is 15.5. The zero-order valence-corrected chi connectivity index (χ0v) is 11.2. The van der Waals surface area contributed by atoms with Crippen LogP contribution in [0.4, 0.5) is 15.3 Å². The number of unbranched alkanes of at least 4 members (excludes halogenated alkanes) is 1. The summed E-state index contributed by atoms with van der Waals surface area (Å²) < 4.78 is 0. The molecule has 0 bridgehead atoms. The van der Waals surface area contributed by atoms with E-state index in [1.54, 1.807) is 12.1 Å². The summed E-state index contributed by atoms with van der Waals surface area (Å²) in [6.45, 7) is 2.62. The molecule has 0 aliphatic rings. The van der Waals surface area contributed by atoms with Gasteiger partial charge < -0.3 is 16.4 Å². The summed E-state index contributed by atoms with van der Waals surface area (Å²) in [5.41, 5.74) is 5.55. The molecule has 1 rings (SSSR count). The minimum atomic E-state index is -0.925. The monoisotopic (exact) mass is 278 g/mol. The molecule has 0 fully saturated rings. The Balaban J connectivity index is 2.61. The Hall–Kier alpha value is -2.57. The summed E-state index contributed by atoms with van der Waals surface area (Å²) in [5.74, 6) is -0.618. The number of primary amides is 1. The number of rotatable bonds is 5. The van der Waals surface area contributed by atoms with Gasteiger partial charge >= 0.3 is 12.1 Å². The normalized spacial score (nSPS) is 9.65. The van der Waals surface area contributed by atoms with Gasteiger partial charge in [0, 0.05) is 17.8 Å². The number of nitrogens with two attached hydrogens (primary N) is 1. The Morgan fingerprint density at radius 2 is 2.00 bits per heavy atom. The van der Waals surface area contributed by atoms with Crippen molar-refractivity contribution in [3.05, 3.63) is 29.8 Å². The Bertz CT molecular complexity index is 502. The maximum Gasteiger partial charge on any atom is 0.319 e. The van der Waals surface area contributed by atoms with Crippen LogP contribution in [0.1, 0.15) is 30.1 Å². The third kappa shape index (κ3) is 5.38. The molecule has 0 atom stereocenters. The standard InChI is InChI=1S/C13H18N4O3/c1-2-3-7-15-13(20)16-10-6-4-5-9(8-10)11(18)17-12(14)19/h4-6,8H,2-3,7H2,1H3,(H2,15,16,20)(H3,14,17,18,19). The minimum absolute atomic E-state index is 0.232. The predicted molar refractivity (Wildman–Crippen MR) is 75.4 cm³/mol. The van der Waals surface area contributed by atoms with E-state index in [2.05, 4.69) is 10.6 Å². The lowest BCUT2D eigenvalue weighted by Gasteiger charge is -2.08. The van der Waals surface area contributed by atoms with E-state index < -0.39 is 11.9 Å². The van der Waals surface area contributed by atoms with Crippen molar-refractivity contribution < 1.29 is 14.4 Å². The molecule has 0 aliphatic carbocycles. The predicted octanol–water partition coefficient (Wildman–Crippen LogP) is 1.42. The maximum atomic E-state index is 11.6. The zero-order valence-electron chi connectivity index (χ0n) is 11.2. The molecule has 7 heteroatoms. The van der Waals surface area contributed by atoms with Crippen LogP contribution < -0.4 is 21.7 Å². The average molecular weight is 278 g/mol. The molecule has 0 radical (unpaired) electrons. The summed E-state index contributed by atoms with van der Waals surface area (Å²) >= 11 is 0. The number of nitrogens with one attached hydrogen (secondary N) is 3. The summed E-state index contributed by atoms with van der Waals surface area (Å²) in [4.78, 5) is 33.7. The van der Waals surface area contributed by atoms with E-state index in [0.717, 1.165) is 12.8 Å². The fourth-order valence-corrected chi connectivity index (χ4v) is 1.48. The largest absolute Gasteiger partial charge is 0.351 e. The smallest absolute Gasteiger partial charge is 0.319 e. The Morgan fingerprint density at radius 1 is 1.25 bits per heavy atom. The van der Waals surface area contributed by atoms with Gasteiger partial charge in [0.1, 0.15) is 0 Å². The number of urea groups is 2. The van der Waals surface area contributed by atoms with Crippen LogP contribution in [0.5, 0.6) is 0 Å². The number of hydrogen-bond donors (Lipinski definition) is 4. The van der Waals surface area contributed by atoms with Crippen LogP contribution in [0.2, 0.25) is 0 Å². The summed E-state index contributed by atoms with van der Waals surface area (Å²) in [7, 11) is 0. The van der Waals surface area contributed by atoms with E-state index >= 15 is 0 Å². The van der Waals surface area contributed by atoms with Crippen molar-refractivity contribution in [3.8, 4) is 0 Å². The van der Waals surface area contributed by atoms with E-state index in [9.17, 15) is 14.4 Å². The lowest BCUT2D eigenvalue weighted by atomic mass is 10.2. The minimum Gasteiger partial charge on any atom is -0.351 e. The molecule has 7 nitrogen and oxygen atoms in total. The van der Waals surface area contributed by atoms with Crippen molar-refractivity contribution in [1.82, 2.24) is 10.6 Å². The van der Waals surface area contributed by atoms with Gasteiger partial charge in [-0.25, -0.2) is 9.59 Å². The topological polar surface area (TPSA) is 113 Å². The third-order valence-corrected chi connectivity index (χ3v) is 2.44. The van der Waals surface area contributed by atoms with E-state index in [1.807, 2.05) is 12.2 Å². The Kier molecular flexibility index (Phi) is 6.02. The number of anilines is 1. The van der Waals surface area contributed by atoms with Crippen molar-refractivity contribution >= 4 is 23.7 Å². The fourth-order valence-electron chi connectivity index (χ4n) is 1.48. The number of amides is 5. The van der Waals surface area contributed by atoms with Gasteiger partial charge in [0.2, 0.25) is 0 Å². The second kappa shape index (κ2) is 7.78. The molecule has 20 heavy (non-hydrogen) atoms. The Morgan fingerprint density at radius 3 is 2.65 bits per heavy atom. The second-order valence-corrected chi connectivity index (χ2v) is 4.13. The molecule has 0 unspecified atom stereocenters. The molecule has 0 heterocycles. The molecule has 108 valence electrons. The van der Waals surface area contributed by atoms with Gasteiger partial charge in [0.15, 0.2) is 0 Å². The van der Waals surface area contributed by atoms with Crippen LogP contribution in [0.25, 0.3) is 0 Å². The van der Waals surface area contributed by atoms with Crippen molar-refractivity contribution in [2.24, 2.45) is 5.73 Å². The van der Waals surface area contributed by atoms with Crippen molar-refractivity contribution in [2.45, 2.75) is 19.8 Å². The lowest BCUT2D eigenvalue weighted by Crippen LogP contribution is -2.35. The zero-order chi connectivity index (χ0) is 15.0. The van der Waals surface area contributed by atoms with Gasteiger partial charge in [-0.15, -0.1) is 0 Å². The van der Waals surface area contributed by atoms with Gasteiger partial charge in [-0.3, -0.25) is 10.1 Å². The quantitative estimate of drug-likeness (QED) is 0.611. The van der Waals surface area contributed by atoms with E-state index in [-0.39, 0.29) is 11.6 Å². The van der Waals surface area contributed by atoms with Gasteiger partial charge in [0.05, 0.1) is 0 Å². The lowest BCUT2D eigenvalue weighted by molar-refractivity contribution is 0.0966. The summed E-state index contributed by atoms with van der Waals surface area (Å²) in [5, 5.41) is 7.24. The SMILES string of the molecule is CCCCNC(=O)Nc1cccc(C(=O)NC(N)=O)c1. The molecule has 5 N–H and O–H groups in total. The van der Waals surface area contributed by atoms with Crippen LogP contribution in [0, 0.1) is 0 Å². The van der Waals surface area contributed by atoms with Crippen LogP contribution in [-0.4, -0.2) is 24.5 Å². The maximum absolute atomic E-state index is 11.6. The second-order valence-electron chi connectivity index (χ2n) is 4.13. The molecule has 1 aromatic carbocycles. The highest BCUT2D eigenvalue weighted by molar-refractivity contribution is 6.04. The van der Waals surface area contributed by atoms with Crippen LogP contribution in [0.15, 0.2) is 24.3 Å². The van der Waals surface area contributed by atoms with Gasteiger partial charge in [-0.05, 0) is 24.6 Å². The molecule has 5 amide bonds. The first-order valence-electron chi connectivity index (χ1n) is 6.28. The molecule has 1 aromatic rings. The highest BCUT2D eigenvalue weighted by atomic mass is 16.2. The first-order chi connectivity index (χ1) is 9.52. The van der Waals surface area contributed by atoms with Crippen LogP contribution in [0.3, 0.4) is 0 Å². The molecule has 0 saturated heterocycles. The molecular formula is C13H18N4O3. The van der Waals surface area contributed by atoms with Crippen molar-refractivity contribution in [1.29, 1.82) is 0 Å². The van der Waals surface area contributed by atoms with E-state index in [4.69, 9.17) is 5.73 Å². The Labute approximate surface area is 116 Å². The van der Waals surface area contributed by atoms with Crippen LogP contribution >= 0.6 is 0 Å². The summed E-state index contributed by atoms with van der Waals surface area (Å²) in [6.07, 6.45) is 1.89. The average Bonchev–Trinajstić information content (AvgIpc) is 2.38. The molecular weight excluding hydrogens is 260 g/mol. The third-order valence-electron chi connectivity index (χ3n) is 2.44.